The van der Waals surface area contributed by atoms with Crippen LogP contribution in [0.15, 0.2) is 53.1 Å². The van der Waals surface area contributed by atoms with Crippen LogP contribution < -0.4 is 5.32 Å². The third-order valence-corrected chi connectivity index (χ3v) is 3.86. The minimum absolute atomic E-state index is 0.335. The number of anilines is 1. The first-order valence-electron chi connectivity index (χ1n) is 8.18. The molecular weight excluding hydrogens is 335 g/mol. The number of carbonyl (C=O) groups is 1. The Hall–Kier alpha value is -3.22. The van der Waals surface area contributed by atoms with Crippen molar-refractivity contribution in [1.29, 1.82) is 0 Å². The van der Waals surface area contributed by atoms with Crippen LogP contribution in [0.4, 0.5) is 14.9 Å². The van der Waals surface area contributed by atoms with Gasteiger partial charge in [-0.3, -0.25) is 0 Å². The topological polar surface area (TPSA) is 71.3 Å². The Bertz CT molecular complexity index is 893. The first-order chi connectivity index (χ1) is 12.5. The van der Waals surface area contributed by atoms with Gasteiger partial charge in [0.1, 0.15) is 5.82 Å². The first kappa shape index (κ1) is 17.6. The van der Waals surface area contributed by atoms with E-state index >= 15 is 0 Å². The van der Waals surface area contributed by atoms with Crippen molar-refractivity contribution in [3.05, 3.63) is 65.7 Å². The Morgan fingerprint density at radius 1 is 1.23 bits per heavy atom. The van der Waals surface area contributed by atoms with E-state index in [-0.39, 0.29) is 6.03 Å². The number of aromatic nitrogens is 2. The standard InChI is InChI=1S/C19H19FN4O2/c1-13-6-8-14(9-7-13)18-22-17(23-26-18)10-11-24(2)19(25)21-16-5-3-4-15(20)12-16/h3-9,12H,10-11H2,1-2H3,(H,21,25). The van der Waals surface area contributed by atoms with E-state index < -0.39 is 5.82 Å². The van der Waals surface area contributed by atoms with Gasteiger partial charge in [-0.15, -0.1) is 0 Å². The van der Waals surface area contributed by atoms with Crippen LogP contribution in [-0.4, -0.2) is 34.7 Å². The highest BCUT2D eigenvalue weighted by Gasteiger charge is 2.13. The Kier molecular flexibility index (Phi) is 5.26. The predicted molar refractivity (Wildman–Crippen MR) is 96.2 cm³/mol. The van der Waals surface area contributed by atoms with E-state index in [4.69, 9.17) is 4.52 Å². The van der Waals surface area contributed by atoms with Crippen molar-refractivity contribution in [2.24, 2.45) is 0 Å². The summed E-state index contributed by atoms with van der Waals surface area (Å²) in [7, 11) is 1.65. The second kappa shape index (κ2) is 7.77. The molecule has 134 valence electrons. The number of rotatable bonds is 5. The number of nitrogens with one attached hydrogen (secondary N) is 1. The van der Waals surface area contributed by atoms with E-state index in [1.54, 1.807) is 13.1 Å². The number of halogens is 1. The highest BCUT2D eigenvalue weighted by atomic mass is 19.1. The molecule has 2 aromatic carbocycles. The predicted octanol–water partition coefficient (Wildman–Crippen LogP) is 3.89. The van der Waals surface area contributed by atoms with Crippen LogP contribution in [0.1, 0.15) is 11.4 Å². The van der Waals surface area contributed by atoms with Gasteiger partial charge < -0.3 is 14.7 Å². The summed E-state index contributed by atoms with van der Waals surface area (Å²) in [6, 6.07) is 13.2. The maximum absolute atomic E-state index is 13.2. The van der Waals surface area contributed by atoms with Crippen molar-refractivity contribution in [1.82, 2.24) is 15.0 Å². The molecule has 0 aliphatic carbocycles. The largest absolute Gasteiger partial charge is 0.334 e. The van der Waals surface area contributed by atoms with Gasteiger partial charge in [-0.2, -0.15) is 4.98 Å². The maximum Gasteiger partial charge on any atom is 0.321 e. The lowest BCUT2D eigenvalue weighted by Gasteiger charge is -2.17. The number of nitrogens with zero attached hydrogens (tertiary/aromatic N) is 3. The molecule has 0 saturated carbocycles. The fourth-order valence-electron chi connectivity index (χ4n) is 2.32. The minimum Gasteiger partial charge on any atom is -0.334 e. The molecule has 2 amide bonds. The second-order valence-electron chi connectivity index (χ2n) is 5.99. The summed E-state index contributed by atoms with van der Waals surface area (Å²) in [5.74, 6) is 0.568. The van der Waals surface area contributed by atoms with Crippen molar-refractivity contribution < 1.29 is 13.7 Å². The molecular formula is C19H19FN4O2. The molecule has 3 aromatic rings. The highest BCUT2D eigenvalue weighted by molar-refractivity contribution is 5.89. The quantitative estimate of drug-likeness (QED) is 0.754. The molecule has 0 fully saturated rings. The maximum atomic E-state index is 13.2. The van der Waals surface area contributed by atoms with E-state index in [0.29, 0.717) is 30.4 Å². The number of aryl methyl sites for hydroxylation is 1. The average Bonchev–Trinajstić information content (AvgIpc) is 3.09. The van der Waals surface area contributed by atoms with Crippen LogP contribution in [0, 0.1) is 12.7 Å². The molecule has 0 bridgehead atoms. The lowest BCUT2D eigenvalue weighted by molar-refractivity contribution is 0.222. The van der Waals surface area contributed by atoms with Gasteiger partial charge in [0, 0.05) is 31.3 Å². The fraction of sp³-hybridized carbons (Fsp3) is 0.211. The van der Waals surface area contributed by atoms with Gasteiger partial charge in [0.15, 0.2) is 5.82 Å². The van der Waals surface area contributed by atoms with Crippen molar-refractivity contribution in [3.8, 4) is 11.5 Å². The number of carbonyl (C=O) groups excluding carboxylic acids is 1. The lowest BCUT2D eigenvalue weighted by Crippen LogP contribution is -2.33. The summed E-state index contributed by atoms with van der Waals surface area (Å²) in [5.41, 5.74) is 2.41. The lowest BCUT2D eigenvalue weighted by atomic mass is 10.1. The molecule has 0 atom stereocenters. The third kappa shape index (κ3) is 4.44. The van der Waals surface area contributed by atoms with Gasteiger partial charge in [-0.25, -0.2) is 9.18 Å². The zero-order chi connectivity index (χ0) is 18.5. The number of urea groups is 1. The number of amides is 2. The number of hydrogen-bond acceptors (Lipinski definition) is 4. The first-order valence-corrected chi connectivity index (χ1v) is 8.18. The van der Waals surface area contributed by atoms with Gasteiger partial charge in [-0.05, 0) is 37.3 Å². The van der Waals surface area contributed by atoms with E-state index in [1.165, 1.54) is 23.1 Å². The molecule has 0 aliphatic heterocycles. The zero-order valence-electron chi connectivity index (χ0n) is 14.6. The SMILES string of the molecule is Cc1ccc(-c2nc(CCN(C)C(=O)Nc3cccc(F)c3)no2)cc1. The van der Waals surface area contributed by atoms with Crippen LogP contribution >= 0.6 is 0 Å². The van der Waals surface area contributed by atoms with Gasteiger partial charge >= 0.3 is 6.03 Å². The van der Waals surface area contributed by atoms with Crippen LogP contribution in [0.25, 0.3) is 11.5 Å². The molecule has 7 heteroatoms. The van der Waals surface area contributed by atoms with Crippen LogP contribution in [0.2, 0.25) is 0 Å². The molecule has 1 N–H and O–H groups in total. The molecule has 0 aliphatic rings. The second-order valence-corrected chi connectivity index (χ2v) is 5.99. The number of likely N-dealkylation sites (N-methyl/N-ethyl adjacent to an activating group) is 1. The highest BCUT2D eigenvalue weighted by Crippen LogP contribution is 2.17. The normalized spacial score (nSPS) is 10.6. The van der Waals surface area contributed by atoms with E-state index in [1.807, 2.05) is 31.2 Å². The molecule has 6 nitrogen and oxygen atoms in total. The van der Waals surface area contributed by atoms with Crippen molar-refractivity contribution >= 4 is 11.7 Å². The van der Waals surface area contributed by atoms with Gasteiger partial charge in [0.05, 0.1) is 0 Å². The number of hydrogen-bond donors (Lipinski definition) is 1. The van der Waals surface area contributed by atoms with Crippen molar-refractivity contribution in [3.63, 3.8) is 0 Å². The summed E-state index contributed by atoms with van der Waals surface area (Å²) in [6.07, 6.45) is 0.447. The zero-order valence-corrected chi connectivity index (χ0v) is 14.6. The average molecular weight is 354 g/mol. The molecule has 3 rings (SSSR count). The Morgan fingerprint density at radius 3 is 2.73 bits per heavy atom. The van der Waals surface area contributed by atoms with Gasteiger partial charge in [-0.1, -0.05) is 28.9 Å². The van der Waals surface area contributed by atoms with E-state index in [0.717, 1.165) is 11.1 Å². The van der Waals surface area contributed by atoms with Crippen molar-refractivity contribution in [2.45, 2.75) is 13.3 Å². The smallest absolute Gasteiger partial charge is 0.321 e. The molecule has 0 radical (unpaired) electrons. The van der Waals surface area contributed by atoms with Crippen LogP contribution in [0.3, 0.4) is 0 Å². The summed E-state index contributed by atoms with van der Waals surface area (Å²) in [4.78, 5) is 18.0. The Balaban J connectivity index is 1.55. The van der Waals surface area contributed by atoms with E-state index in [2.05, 4.69) is 15.5 Å². The van der Waals surface area contributed by atoms with Gasteiger partial charge in [0.25, 0.3) is 5.89 Å². The Morgan fingerprint density at radius 2 is 2.00 bits per heavy atom. The monoisotopic (exact) mass is 354 g/mol. The fourth-order valence-corrected chi connectivity index (χ4v) is 2.32. The minimum atomic E-state index is -0.402. The molecule has 1 aromatic heterocycles. The van der Waals surface area contributed by atoms with E-state index in [9.17, 15) is 9.18 Å². The molecule has 0 unspecified atom stereocenters. The molecule has 26 heavy (non-hydrogen) atoms. The van der Waals surface area contributed by atoms with Gasteiger partial charge in [0.2, 0.25) is 0 Å². The molecule has 1 heterocycles. The van der Waals surface area contributed by atoms with Crippen LogP contribution in [0.5, 0.6) is 0 Å². The Labute approximate surface area is 150 Å². The van der Waals surface area contributed by atoms with Crippen molar-refractivity contribution in [2.75, 3.05) is 18.9 Å². The third-order valence-electron chi connectivity index (χ3n) is 3.86. The molecule has 0 saturated heterocycles. The van der Waals surface area contributed by atoms with Crippen LogP contribution in [-0.2, 0) is 6.42 Å². The molecule has 0 spiro atoms. The summed E-state index contributed by atoms with van der Waals surface area (Å²) < 4.78 is 18.4. The summed E-state index contributed by atoms with van der Waals surface area (Å²) >= 11 is 0. The number of benzene rings is 2. The summed E-state index contributed by atoms with van der Waals surface area (Å²) in [6.45, 7) is 2.40. The summed E-state index contributed by atoms with van der Waals surface area (Å²) in [5, 5.41) is 6.59.